The molecule has 0 heterocycles. The molecule has 0 amide bonds. The molecule has 4 heteroatoms. The molecule has 0 fully saturated rings. The van der Waals surface area contributed by atoms with Gasteiger partial charge < -0.3 is 10.5 Å². The van der Waals surface area contributed by atoms with E-state index in [0.717, 1.165) is 10.0 Å². The lowest BCUT2D eigenvalue weighted by molar-refractivity contribution is -0.146. The molecular formula is C14H20BrNO2. The highest BCUT2D eigenvalue weighted by Gasteiger charge is 2.23. The second kappa shape index (κ2) is 6.34. The van der Waals surface area contributed by atoms with Gasteiger partial charge in [-0.3, -0.25) is 4.79 Å². The molecule has 18 heavy (non-hydrogen) atoms. The van der Waals surface area contributed by atoms with E-state index in [1.165, 1.54) is 0 Å². The molecule has 0 aliphatic rings. The summed E-state index contributed by atoms with van der Waals surface area (Å²) in [5.74, 6) is -0.252. The van der Waals surface area contributed by atoms with Crippen molar-refractivity contribution in [3.63, 3.8) is 0 Å². The number of halogens is 1. The van der Waals surface area contributed by atoms with E-state index in [-0.39, 0.29) is 30.5 Å². The Balaban J connectivity index is 2.42. The lowest BCUT2D eigenvalue weighted by Crippen LogP contribution is -2.37. The second-order valence-electron chi connectivity index (χ2n) is 5.47. The molecule has 3 nitrogen and oxygen atoms in total. The average Bonchev–Trinajstić information content (AvgIpc) is 2.25. The fraction of sp³-hybridized carbons (Fsp3) is 0.500. The SMILES string of the molecule is CC(C)(C)C(N)CC(=O)OCc1cccc(Br)c1. The Morgan fingerprint density at radius 2 is 2.11 bits per heavy atom. The standard InChI is InChI=1S/C14H20BrNO2/c1-14(2,3)12(16)8-13(17)18-9-10-5-4-6-11(15)7-10/h4-7,12H,8-9,16H2,1-3H3. The van der Waals surface area contributed by atoms with Crippen LogP contribution < -0.4 is 5.73 Å². The molecule has 2 N–H and O–H groups in total. The first kappa shape index (κ1) is 15.2. The van der Waals surface area contributed by atoms with Crippen LogP contribution in [0, 0.1) is 5.41 Å². The summed E-state index contributed by atoms with van der Waals surface area (Å²) in [5, 5.41) is 0. The van der Waals surface area contributed by atoms with Gasteiger partial charge in [-0.25, -0.2) is 0 Å². The van der Waals surface area contributed by atoms with Crippen LogP contribution in [0.2, 0.25) is 0 Å². The van der Waals surface area contributed by atoms with Crippen molar-refractivity contribution in [1.82, 2.24) is 0 Å². The van der Waals surface area contributed by atoms with Crippen LogP contribution >= 0.6 is 15.9 Å². The van der Waals surface area contributed by atoms with Gasteiger partial charge in [0, 0.05) is 10.5 Å². The zero-order chi connectivity index (χ0) is 13.8. The van der Waals surface area contributed by atoms with Gasteiger partial charge in [-0.2, -0.15) is 0 Å². The van der Waals surface area contributed by atoms with Crippen molar-refractivity contribution in [2.24, 2.45) is 11.1 Å². The normalized spacial score (nSPS) is 13.2. The fourth-order valence-corrected chi connectivity index (χ4v) is 1.78. The molecule has 0 bridgehead atoms. The van der Waals surface area contributed by atoms with Crippen LogP contribution in [0.1, 0.15) is 32.8 Å². The predicted molar refractivity (Wildman–Crippen MR) is 76.0 cm³/mol. The van der Waals surface area contributed by atoms with Gasteiger partial charge in [0.1, 0.15) is 6.61 Å². The highest BCUT2D eigenvalue weighted by molar-refractivity contribution is 9.10. The minimum Gasteiger partial charge on any atom is -0.461 e. The average molecular weight is 314 g/mol. The summed E-state index contributed by atoms with van der Waals surface area (Å²) in [4.78, 5) is 11.6. The van der Waals surface area contributed by atoms with Crippen molar-refractivity contribution in [1.29, 1.82) is 0 Å². The van der Waals surface area contributed by atoms with E-state index in [9.17, 15) is 4.79 Å². The van der Waals surface area contributed by atoms with E-state index in [1.807, 2.05) is 45.0 Å². The summed E-state index contributed by atoms with van der Waals surface area (Å²) in [5.41, 5.74) is 6.81. The number of carbonyl (C=O) groups is 1. The lowest BCUT2D eigenvalue weighted by atomic mass is 9.85. The molecule has 0 aliphatic carbocycles. The molecule has 1 aromatic carbocycles. The van der Waals surface area contributed by atoms with Crippen LogP contribution in [0.3, 0.4) is 0 Å². The number of hydrogen-bond acceptors (Lipinski definition) is 3. The number of carbonyl (C=O) groups excluding carboxylic acids is 1. The molecule has 0 saturated carbocycles. The second-order valence-corrected chi connectivity index (χ2v) is 6.38. The monoisotopic (exact) mass is 313 g/mol. The summed E-state index contributed by atoms with van der Waals surface area (Å²) in [6.07, 6.45) is 0.248. The highest BCUT2D eigenvalue weighted by Crippen LogP contribution is 2.20. The molecule has 1 atom stereocenters. The van der Waals surface area contributed by atoms with Crippen LogP contribution in [-0.2, 0) is 16.1 Å². The molecule has 0 saturated heterocycles. The van der Waals surface area contributed by atoms with E-state index >= 15 is 0 Å². The quantitative estimate of drug-likeness (QED) is 0.868. The largest absolute Gasteiger partial charge is 0.461 e. The van der Waals surface area contributed by atoms with Crippen LogP contribution in [0.25, 0.3) is 0 Å². The topological polar surface area (TPSA) is 52.3 Å². The molecule has 1 unspecified atom stereocenters. The van der Waals surface area contributed by atoms with E-state index in [0.29, 0.717) is 0 Å². The van der Waals surface area contributed by atoms with Gasteiger partial charge in [0.15, 0.2) is 0 Å². The number of benzene rings is 1. The summed E-state index contributed by atoms with van der Waals surface area (Å²) in [6.45, 7) is 6.33. The van der Waals surface area contributed by atoms with Crippen molar-refractivity contribution in [3.05, 3.63) is 34.3 Å². The minimum atomic E-state index is -0.252. The van der Waals surface area contributed by atoms with Gasteiger partial charge in [-0.15, -0.1) is 0 Å². The predicted octanol–water partition coefficient (Wildman–Crippen LogP) is 3.26. The molecule has 0 radical (unpaired) electrons. The zero-order valence-corrected chi connectivity index (χ0v) is 12.7. The Hall–Kier alpha value is -0.870. The van der Waals surface area contributed by atoms with Crippen molar-refractivity contribution < 1.29 is 9.53 Å². The van der Waals surface area contributed by atoms with Gasteiger partial charge in [0.2, 0.25) is 0 Å². The Bertz CT molecular complexity index is 413. The Morgan fingerprint density at radius 3 is 2.67 bits per heavy atom. The molecule has 1 rings (SSSR count). The molecule has 0 aliphatic heterocycles. The molecule has 1 aromatic rings. The van der Waals surface area contributed by atoms with Crippen molar-refractivity contribution in [2.75, 3.05) is 0 Å². The number of rotatable bonds is 4. The van der Waals surface area contributed by atoms with Crippen LogP contribution in [0.15, 0.2) is 28.7 Å². The molecule has 100 valence electrons. The zero-order valence-electron chi connectivity index (χ0n) is 11.1. The maximum Gasteiger partial charge on any atom is 0.307 e. The number of ether oxygens (including phenoxy) is 1. The van der Waals surface area contributed by atoms with Crippen molar-refractivity contribution in [2.45, 2.75) is 39.8 Å². The van der Waals surface area contributed by atoms with Gasteiger partial charge in [-0.05, 0) is 23.1 Å². The van der Waals surface area contributed by atoms with Crippen molar-refractivity contribution >= 4 is 21.9 Å². The first-order chi connectivity index (χ1) is 8.29. The number of esters is 1. The minimum absolute atomic E-state index is 0.0885. The van der Waals surface area contributed by atoms with Gasteiger partial charge in [0.05, 0.1) is 6.42 Å². The summed E-state index contributed by atoms with van der Waals surface area (Å²) in [7, 11) is 0. The van der Waals surface area contributed by atoms with Gasteiger partial charge >= 0.3 is 5.97 Å². The summed E-state index contributed by atoms with van der Waals surface area (Å²) in [6, 6.07) is 7.50. The van der Waals surface area contributed by atoms with Crippen LogP contribution in [0.4, 0.5) is 0 Å². The Labute approximate surface area is 117 Å². The van der Waals surface area contributed by atoms with Gasteiger partial charge in [0.25, 0.3) is 0 Å². The third kappa shape index (κ3) is 5.19. The highest BCUT2D eigenvalue weighted by atomic mass is 79.9. The number of hydrogen-bond donors (Lipinski definition) is 1. The van der Waals surface area contributed by atoms with Crippen LogP contribution in [-0.4, -0.2) is 12.0 Å². The third-order valence-electron chi connectivity index (χ3n) is 2.79. The van der Waals surface area contributed by atoms with Crippen molar-refractivity contribution in [3.8, 4) is 0 Å². The third-order valence-corrected chi connectivity index (χ3v) is 3.28. The first-order valence-electron chi connectivity index (χ1n) is 5.94. The van der Waals surface area contributed by atoms with E-state index in [4.69, 9.17) is 10.5 Å². The Kier molecular flexibility index (Phi) is 5.35. The number of nitrogens with two attached hydrogens (primary N) is 1. The van der Waals surface area contributed by atoms with E-state index in [2.05, 4.69) is 15.9 Å². The maximum atomic E-state index is 11.6. The fourth-order valence-electron chi connectivity index (χ4n) is 1.34. The summed E-state index contributed by atoms with van der Waals surface area (Å²) < 4.78 is 6.18. The van der Waals surface area contributed by atoms with Crippen LogP contribution in [0.5, 0.6) is 0 Å². The lowest BCUT2D eigenvalue weighted by Gasteiger charge is -2.26. The maximum absolute atomic E-state index is 11.6. The first-order valence-corrected chi connectivity index (χ1v) is 6.74. The van der Waals surface area contributed by atoms with Gasteiger partial charge in [-0.1, -0.05) is 48.8 Å². The van der Waals surface area contributed by atoms with E-state index in [1.54, 1.807) is 0 Å². The smallest absolute Gasteiger partial charge is 0.307 e. The molecule has 0 spiro atoms. The van der Waals surface area contributed by atoms with E-state index < -0.39 is 0 Å². The molecular weight excluding hydrogens is 294 g/mol. The molecule has 0 aromatic heterocycles. The summed E-state index contributed by atoms with van der Waals surface area (Å²) >= 11 is 3.38. The Morgan fingerprint density at radius 1 is 1.44 bits per heavy atom.